The van der Waals surface area contributed by atoms with E-state index in [4.69, 9.17) is 14.7 Å². The number of rotatable bonds is 4. The standard InChI is InChI=1S/C15H21N3O2/c1-12(11-16)17-6-8-18(9-7-17)14-10-13(19-2)4-5-15(14)20-3/h4-5,10,12H,6-9H2,1-3H3. The molecule has 0 aliphatic carbocycles. The topological polar surface area (TPSA) is 48.7 Å². The molecule has 0 aromatic heterocycles. The van der Waals surface area contributed by atoms with Gasteiger partial charge in [-0.1, -0.05) is 0 Å². The van der Waals surface area contributed by atoms with Crippen LogP contribution in [0, 0.1) is 11.3 Å². The second-order valence-electron chi connectivity index (χ2n) is 4.87. The fourth-order valence-corrected chi connectivity index (χ4v) is 2.48. The van der Waals surface area contributed by atoms with Crippen LogP contribution in [0.5, 0.6) is 11.5 Å². The van der Waals surface area contributed by atoms with Crippen molar-refractivity contribution in [1.82, 2.24) is 4.90 Å². The maximum atomic E-state index is 8.98. The van der Waals surface area contributed by atoms with Gasteiger partial charge in [-0.25, -0.2) is 0 Å². The minimum Gasteiger partial charge on any atom is -0.497 e. The van der Waals surface area contributed by atoms with Gasteiger partial charge in [-0.05, 0) is 19.1 Å². The minimum atomic E-state index is -0.0237. The number of piperazine rings is 1. The molecule has 1 fully saturated rings. The van der Waals surface area contributed by atoms with Crippen LogP contribution >= 0.6 is 0 Å². The van der Waals surface area contributed by atoms with Gasteiger partial charge in [0.1, 0.15) is 11.5 Å². The van der Waals surface area contributed by atoms with Gasteiger partial charge in [0.15, 0.2) is 0 Å². The fourth-order valence-electron chi connectivity index (χ4n) is 2.48. The summed E-state index contributed by atoms with van der Waals surface area (Å²) >= 11 is 0. The predicted octanol–water partition coefficient (Wildman–Crippen LogP) is 1.74. The van der Waals surface area contributed by atoms with Crippen LogP contribution in [-0.2, 0) is 0 Å². The first-order chi connectivity index (χ1) is 9.69. The van der Waals surface area contributed by atoms with Crippen LogP contribution in [0.3, 0.4) is 0 Å². The first kappa shape index (κ1) is 14.5. The van der Waals surface area contributed by atoms with Crippen LogP contribution < -0.4 is 14.4 Å². The number of ether oxygens (including phenoxy) is 2. The van der Waals surface area contributed by atoms with Crippen LogP contribution in [-0.4, -0.2) is 51.3 Å². The molecule has 2 rings (SSSR count). The van der Waals surface area contributed by atoms with Crippen molar-refractivity contribution in [3.05, 3.63) is 18.2 Å². The van der Waals surface area contributed by atoms with E-state index in [9.17, 15) is 0 Å². The highest BCUT2D eigenvalue weighted by Crippen LogP contribution is 2.32. The molecule has 0 spiro atoms. The highest BCUT2D eigenvalue weighted by molar-refractivity contribution is 5.62. The highest BCUT2D eigenvalue weighted by atomic mass is 16.5. The Labute approximate surface area is 120 Å². The Morgan fingerprint density at radius 1 is 1.15 bits per heavy atom. The SMILES string of the molecule is COc1ccc(OC)c(N2CCN(C(C)C#N)CC2)c1. The van der Waals surface area contributed by atoms with Crippen molar-refractivity contribution in [2.24, 2.45) is 0 Å². The lowest BCUT2D eigenvalue weighted by Gasteiger charge is -2.37. The Kier molecular flexibility index (Phi) is 4.70. The van der Waals surface area contributed by atoms with Gasteiger partial charge in [0, 0.05) is 32.2 Å². The monoisotopic (exact) mass is 275 g/mol. The first-order valence-corrected chi connectivity index (χ1v) is 6.80. The van der Waals surface area contributed by atoms with Crippen molar-refractivity contribution in [1.29, 1.82) is 5.26 Å². The van der Waals surface area contributed by atoms with Crippen molar-refractivity contribution in [2.75, 3.05) is 45.3 Å². The third-order valence-corrected chi connectivity index (χ3v) is 3.78. The van der Waals surface area contributed by atoms with Crippen molar-refractivity contribution < 1.29 is 9.47 Å². The van der Waals surface area contributed by atoms with Crippen LogP contribution in [0.25, 0.3) is 0 Å². The van der Waals surface area contributed by atoms with E-state index < -0.39 is 0 Å². The van der Waals surface area contributed by atoms with E-state index in [0.717, 1.165) is 43.4 Å². The molecule has 1 heterocycles. The lowest BCUT2D eigenvalue weighted by atomic mass is 10.2. The molecule has 1 aliphatic rings. The number of hydrogen-bond acceptors (Lipinski definition) is 5. The maximum absolute atomic E-state index is 8.98. The van der Waals surface area contributed by atoms with Gasteiger partial charge < -0.3 is 14.4 Å². The van der Waals surface area contributed by atoms with Crippen molar-refractivity contribution in [3.63, 3.8) is 0 Å². The molecule has 5 nitrogen and oxygen atoms in total. The van der Waals surface area contributed by atoms with E-state index in [1.54, 1.807) is 14.2 Å². The zero-order valence-corrected chi connectivity index (χ0v) is 12.3. The number of methoxy groups -OCH3 is 2. The van der Waals surface area contributed by atoms with Gasteiger partial charge in [-0.3, -0.25) is 4.90 Å². The van der Waals surface area contributed by atoms with E-state index in [1.807, 2.05) is 25.1 Å². The number of benzene rings is 1. The second-order valence-corrected chi connectivity index (χ2v) is 4.87. The van der Waals surface area contributed by atoms with Gasteiger partial charge in [-0.2, -0.15) is 5.26 Å². The highest BCUT2D eigenvalue weighted by Gasteiger charge is 2.23. The van der Waals surface area contributed by atoms with Gasteiger partial charge >= 0.3 is 0 Å². The van der Waals surface area contributed by atoms with Crippen molar-refractivity contribution in [2.45, 2.75) is 13.0 Å². The lowest BCUT2D eigenvalue weighted by molar-refractivity contribution is 0.231. The van der Waals surface area contributed by atoms with Crippen molar-refractivity contribution in [3.8, 4) is 17.6 Å². The summed E-state index contributed by atoms with van der Waals surface area (Å²) in [6.07, 6.45) is 0. The largest absolute Gasteiger partial charge is 0.497 e. The van der Waals surface area contributed by atoms with Gasteiger partial charge in [0.2, 0.25) is 0 Å². The molecule has 20 heavy (non-hydrogen) atoms. The van der Waals surface area contributed by atoms with Gasteiger partial charge in [0.25, 0.3) is 0 Å². The molecule has 0 N–H and O–H groups in total. The fraction of sp³-hybridized carbons (Fsp3) is 0.533. The molecule has 5 heteroatoms. The van der Waals surface area contributed by atoms with Crippen LogP contribution in [0.15, 0.2) is 18.2 Å². The molecule has 1 atom stereocenters. The van der Waals surface area contributed by atoms with Crippen LogP contribution in [0.4, 0.5) is 5.69 Å². The average molecular weight is 275 g/mol. The third kappa shape index (κ3) is 2.97. The summed E-state index contributed by atoms with van der Waals surface area (Å²) < 4.78 is 10.7. The number of hydrogen-bond donors (Lipinski definition) is 0. The van der Waals surface area contributed by atoms with E-state index in [-0.39, 0.29) is 6.04 Å². The quantitative estimate of drug-likeness (QED) is 0.837. The minimum absolute atomic E-state index is 0.0237. The van der Waals surface area contributed by atoms with E-state index in [0.29, 0.717) is 0 Å². The molecule has 1 unspecified atom stereocenters. The lowest BCUT2D eigenvalue weighted by Crippen LogP contribution is -2.49. The average Bonchev–Trinajstić information content (AvgIpc) is 2.53. The van der Waals surface area contributed by atoms with E-state index in [1.165, 1.54) is 0 Å². The van der Waals surface area contributed by atoms with E-state index >= 15 is 0 Å². The molecule has 0 saturated carbocycles. The molecule has 1 saturated heterocycles. The summed E-state index contributed by atoms with van der Waals surface area (Å²) in [5, 5.41) is 8.98. The zero-order chi connectivity index (χ0) is 14.5. The number of nitriles is 1. The molecule has 0 radical (unpaired) electrons. The summed E-state index contributed by atoms with van der Waals surface area (Å²) in [7, 11) is 3.34. The summed E-state index contributed by atoms with van der Waals surface area (Å²) in [6.45, 7) is 5.48. The summed E-state index contributed by atoms with van der Waals surface area (Å²) in [4.78, 5) is 4.48. The Hall–Kier alpha value is -1.93. The Morgan fingerprint density at radius 2 is 1.85 bits per heavy atom. The smallest absolute Gasteiger partial charge is 0.142 e. The molecule has 0 amide bonds. The molecule has 108 valence electrons. The Morgan fingerprint density at radius 3 is 2.40 bits per heavy atom. The van der Waals surface area contributed by atoms with Crippen LogP contribution in [0.2, 0.25) is 0 Å². The zero-order valence-electron chi connectivity index (χ0n) is 12.3. The second kappa shape index (κ2) is 6.49. The number of nitrogens with zero attached hydrogens (tertiary/aromatic N) is 3. The van der Waals surface area contributed by atoms with Crippen LogP contribution in [0.1, 0.15) is 6.92 Å². The Bertz CT molecular complexity index is 490. The molecule has 1 aromatic rings. The normalized spacial score (nSPS) is 17.4. The molecular formula is C15H21N3O2. The summed E-state index contributed by atoms with van der Waals surface area (Å²) in [5.41, 5.74) is 1.05. The maximum Gasteiger partial charge on any atom is 0.142 e. The molecule has 0 bridgehead atoms. The van der Waals surface area contributed by atoms with Gasteiger partial charge in [-0.15, -0.1) is 0 Å². The summed E-state index contributed by atoms with van der Waals surface area (Å²) in [6, 6.07) is 8.10. The van der Waals surface area contributed by atoms with Crippen molar-refractivity contribution >= 4 is 5.69 Å². The Balaban J connectivity index is 2.12. The van der Waals surface area contributed by atoms with Gasteiger partial charge in [0.05, 0.1) is 32.0 Å². The number of anilines is 1. The molecule has 1 aromatic carbocycles. The first-order valence-electron chi connectivity index (χ1n) is 6.80. The molecular weight excluding hydrogens is 254 g/mol. The predicted molar refractivity (Wildman–Crippen MR) is 78.4 cm³/mol. The summed E-state index contributed by atoms with van der Waals surface area (Å²) in [5.74, 6) is 1.68. The molecule has 1 aliphatic heterocycles. The van der Waals surface area contributed by atoms with E-state index in [2.05, 4.69) is 15.9 Å². The third-order valence-electron chi connectivity index (χ3n) is 3.78.